The van der Waals surface area contributed by atoms with Gasteiger partial charge >= 0.3 is 0 Å². The van der Waals surface area contributed by atoms with Crippen molar-refractivity contribution in [3.05, 3.63) is 29.8 Å². The van der Waals surface area contributed by atoms with Gasteiger partial charge in [-0.3, -0.25) is 0 Å². The van der Waals surface area contributed by atoms with Crippen molar-refractivity contribution in [1.29, 1.82) is 0 Å². The summed E-state index contributed by atoms with van der Waals surface area (Å²) in [7, 11) is 1.62. The summed E-state index contributed by atoms with van der Waals surface area (Å²) in [6, 6.07) is 7.65. The molecule has 122 valence electrons. The van der Waals surface area contributed by atoms with Crippen LogP contribution >= 0.6 is 0 Å². The van der Waals surface area contributed by atoms with Crippen LogP contribution in [-0.4, -0.2) is 44.2 Å². The van der Waals surface area contributed by atoms with Crippen LogP contribution in [0.2, 0.25) is 0 Å². The average molecular weight is 312 g/mol. The minimum absolute atomic E-state index is 0.176. The Labute approximate surface area is 129 Å². The Morgan fingerprint density at radius 3 is 2.86 bits per heavy atom. The van der Waals surface area contributed by atoms with Gasteiger partial charge < -0.3 is 23.7 Å². The molecular weight excluding hydrogens is 291 g/mol. The number of alkyl halides is 1. The summed E-state index contributed by atoms with van der Waals surface area (Å²) in [6.45, 7) is 3.14. The van der Waals surface area contributed by atoms with Crippen LogP contribution in [0.15, 0.2) is 24.3 Å². The van der Waals surface area contributed by atoms with E-state index in [1.807, 2.05) is 31.2 Å². The number of benzene rings is 1. The lowest BCUT2D eigenvalue weighted by Gasteiger charge is -2.25. The number of halogens is 1. The Kier molecular flexibility index (Phi) is 4.36. The molecule has 5 atom stereocenters. The molecule has 1 aromatic carbocycles. The number of hydrogen-bond donors (Lipinski definition) is 0. The molecule has 2 fully saturated rings. The summed E-state index contributed by atoms with van der Waals surface area (Å²) in [5.74, 6) is -0.465. The van der Waals surface area contributed by atoms with Crippen molar-refractivity contribution in [3.8, 4) is 5.75 Å². The van der Waals surface area contributed by atoms with E-state index in [2.05, 4.69) is 0 Å². The van der Waals surface area contributed by atoms with Gasteiger partial charge in [0.05, 0.1) is 19.8 Å². The van der Waals surface area contributed by atoms with Crippen LogP contribution < -0.4 is 4.74 Å². The van der Waals surface area contributed by atoms with Gasteiger partial charge in [-0.25, -0.2) is 4.39 Å². The van der Waals surface area contributed by atoms with Gasteiger partial charge in [-0.15, -0.1) is 0 Å². The first-order chi connectivity index (χ1) is 10.5. The number of rotatable bonds is 5. The molecule has 3 rings (SSSR count). The highest BCUT2D eigenvalue weighted by atomic mass is 19.1. The van der Waals surface area contributed by atoms with E-state index < -0.39 is 24.9 Å². The highest BCUT2D eigenvalue weighted by molar-refractivity contribution is 5.27. The van der Waals surface area contributed by atoms with E-state index in [0.29, 0.717) is 6.61 Å². The van der Waals surface area contributed by atoms with Crippen LogP contribution in [0.3, 0.4) is 0 Å². The summed E-state index contributed by atoms with van der Waals surface area (Å²) in [6.07, 6.45) is -1.47. The maximum Gasteiger partial charge on any atom is 0.197 e. The van der Waals surface area contributed by atoms with Crippen molar-refractivity contribution < 1.29 is 28.1 Å². The molecule has 2 saturated heterocycles. The van der Waals surface area contributed by atoms with E-state index in [0.717, 1.165) is 11.3 Å². The normalized spacial score (nSPS) is 37.3. The van der Waals surface area contributed by atoms with Crippen LogP contribution in [0.25, 0.3) is 0 Å². The van der Waals surface area contributed by atoms with Crippen molar-refractivity contribution in [2.45, 2.75) is 50.8 Å². The van der Waals surface area contributed by atoms with Gasteiger partial charge in [-0.2, -0.15) is 0 Å². The molecule has 2 aliphatic heterocycles. The third kappa shape index (κ3) is 2.96. The Morgan fingerprint density at radius 2 is 2.14 bits per heavy atom. The van der Waals surface area contributed by atoms with E-state index in [9.17, 15) is 4.39 Å². The molecule has 0 bridgehead atoms. The SMILES string of the molecule is COc1cccc(CO[C@@H]2[C@H]3OC(C)(CF)O[C@H]3O[C@@H]2C)c1. The standard InChI is InChI=1S/C16H21FO5/c1-10-13(14-15(20-10)22-16(2,9-17)21-14)19-8-11-5-4-6-12(7-11)18-3/h4-7,10,13-15H,8-9H2,1-3H3/t10-,13+,14-,15-,16?/m1/s1. The summed E-state index contributed by atoms with van der Waals surface area (Å²) in [5, 5.41) is 0. The zero-order valence-corrected chi connectivity index (χ0v) is 13.0. The summed E-state index contributed by atoms with van der Waals surface area (Å²) < 4.78 is 40.9. The molecule has 0 amide bonds. The number of hydrogen-bond acceptors (Lipinski definition) is 5. The molecule has 1 unspecified atom stereocenters. The smallest absolute Gasteiger partial charge is 0.197 e. The van der Waals surface area contributed by atoms with Crippen molar-refractivity contribution in [2.24, 2.45) is 0 Å². The molecule has 5 nitrogen and oxygen atoms in total. The highest BCUT2D eigenvalue weighted by Crippen LogP contribution is 2.39. The molecule has 0 spiro atoms. The molecule has 6 heteroatoms. The first-order valence-electron chi connectivity index (χ1n) is 7.36. The van der Waals surface area contributed by atoms with Gasteiger partial charge in [-0.05, 0) is 31.5 Å². The number of methoxy groups -OCH3 is 1. The molecule has 22 heavy (non-hydrogen) atoms. The third-order valence-corrected chi connectivity index (χ3v) is 3.97. The zero-order chi connectivity index (χ0) is 15.7. The van der Waals surface area contributed by atoms with Crippen LogP contribution in [0.5, 0.6) is 5.75 Å². The van der Waals surface area contributed by atoms with Crippen molar-refractivity contribution >= 4 is 0 Å². The molecule has 2 aliphatic rings. The van der Waals surface area contributed by atoms with Crippen LogP contribution in [-0.2, 0) is 25.6 Å². The molecule has 2 heterocycles. The van der Waals surface area contributed by atoms with Crippen LogP contribution in [0.4, 0.5) is 4.39 Å². The second kappa shape index (κ2) is 6.12. The van der Waals surface area contributed by atoms with Gasteiger partial charge in [0.25, 0.3) is 0 Å². The number of fused-ring (bicyclic) bond motifs is 1. The van der Waals surface area contributed by atoms with Crippen molar-refractivity contribution in [2.75, 3.05) is 13.8 Å². The molecule has 0 aliphatic carbocycles. The largest absolute Gasteiger partial charge is 0.497 e. The molecule has 0 radical (unpaired) electrons. The summed E-state index contributed by atoms with van der Waals surface area (Å²) in [5.41, 5.74) is 0.988. The predicted molar refractivity (Wildman–Crippen MR) is 76.2 cm³/mol. The van der Waals surface area contributed by atoms with E-state index in [-0.39, 0.29) is 12.2 Å². The molecule has 0 aromatic heterocycles. The highest BCUT2D eigenvalue weighted by Gasteiger charge is 2.55. The maximum absolute atomic E-state index is 13.0. The van der Waals surface area contributed by atoms with Gasteiger partial charge in [0.2, 0.25) is 0 Å². The fourth-order valence-corrected chi connectivity index (χ4v) is 2.82. The predicted octanol–water partition coefficient (Wildman–Crippen LogP) is 2.43. The van der Waals surface area contributed by atoms with E-state index in [1.165, 1.54) is 0 Å². The summed E-state index contributed by atoms with van der Waals surface area (Å²) >= 11 is 0. The molecule has 1 aromatic rings. The first kappa shape index (κ1) is 15.7. The van der Waals surface area contributed by atoms with E-state index in [1.54, 1.807) is 14.0 Å². The second-order valence-electron chi connectivity index (χ2n) is 5.80. The summed E-state index contributed by atoms with van der Waals surface area (Å²) in [4.78, 5) is 0. The van der Waals surface area contributed by atoms with Gasteiger partial charge in [0.1, 0.15) is 24.6 Å². The topological polar surface area (TPSA) is 46.2 Å². The first-order valence-corrected chi connectivity index (χ1v) is 7.36. The fourth-order valence-electron chi connectivity index (χ4n) is 2.82. The van der Waals surface area contributed by atoms with E-state index >= 15 is 0 Å². The minimum atomic E-state index is -1.24. The quantitative estimate of drug-likeness (QED) is 0.835. The van der Waals surface area contributed by atoms with Gasteiger partial charge in [-0.1, -0.05) is 12.1 Å². The Hall–Kier alpha value is -1.21. The van der Waals surface area contributed by atoms with Gasteiger partial charge in [0, 0.05) is 0 Å². The maximum atomic E-state index is 13.0. The van der Waals surface area contributed by atoms with Crippen LogP contribution in [0.1, 0.15) is 19.4 Å². The van der Waals surface area contributed by atoms with E-state index in [4.69, 9.17) is 23.7 Å². The van der Waals surface area contributed by atoms with Crippen LogP contribution in [0, 0.1) is 0 Å². The molecule has 0 N–H and O–H groups in total. The lowest BCUT2D eigenvalue weighted by molar-refractivity contribution is -0.231. The third-order valence-electron chi connectivity index (χ3n) is 3.97. The zero-order valence-electron chi connectivity index (χ0n) is 13.0. The van der Waals surface area contributed by atoms with Gasteiger partial charge in [0.15, 0.2) is 12.1 Å². The van der Waals surface area contributed by atoms with Crippen molar-refractivity contribution in [1.82, 2.24) is 0 Å². The Bertz CT molecular complexity index is 525. The molecule has 0 saturated carbocycles. The monoisotopic (exact) mass is 312 g/mol. The Balaban J connectivity index is 1.64. The average Bonchev–Trinajstić information content (AvgIpc) is 2.98. The second-order valence-corrected chi connectivity index (χ2v) is 5.80. The fraction of sp³-hybridized carbons (Fsp3) is 0.625. The number of ether oxygens (including phenoxy) is 5. The molecular formula is C16H21FO5. The lowest BCUT2D eigenvalue weighted by Crippen LogP contribution is -2.37. The lowest BCUT2D eigenvalue weighted by atomic mass is 10.1. The minimum Gasteiger partial charge on any atom is -0.497 e. The van der Waals surface area contributed by atoms with Crippen molar-refractivity contribution in [3.63, 3.8) is 0 Å². The Morgan fingerprint density at radius 1 is 1.32 bits per heavy atom.